The highest BCUT2D eigenvalue weighted by molar-refractivity contribution is 6.06. The molecule has 128 valence electrons. The largest absolute Gasteiger partial charge is 0.376 e. The van der Waals surface area contributed by atoms with E-state index in [1.165, 1.54) is 5.56 Å². The molecule has 1 fully saturated rings. The predicted octanol–water partition coefficient (Wildman–Crippen LogP) is 2.64. The Morgan fingerprint density at radius 1 is 1.33 bits per heavy atom. The van der Waals surface area contributed by atoms with Crippen LogP contribution in [0, 0.1) is 6.92 Å². The van der Waals surface area contributed by atoms with Crippen molar-refractivity contribution in [1.29, 1.82) is 0 Å². The molecule has 2 aromatic rings. The molecule has 5 heteroatoms. The zero-order chi connectivity index (χ0) is 17.1. The summed E-state index contributed by atoms with van der Waals surface area (Å²) in [6.45, 7) is 7.57. The summed E-state index contributed by atoms with van der Waals surface area (Å²) >= 11 is 0. The fraction of sp³-hybridized carbons (Fsp3) is 0.474. The van der Waals surface area contributed by atoms with Crippen molar-refractivity contribution in [2.45, 2.75) is 39.3 Å². The van der Waals surface area contributed by atoms with E-state index in [2.05, 4.69) is 29.4 Å². The maximum Gasteiger partial charge on any atom is 0.252 e. The van der Waals surface area contributed by atoms with Crippen LogP contribution in [0.15, 0.2) is 24.3 Å². The Balaban J connectivity index is 1.91. The number of benzene rings is 1. The van der Waals surface area contributed by atoms with E-state index < -0.39 is 0 Å². The minimum atomic E-state index is -0.115. The fourth-order valence-electron chi connectivity index (χ4n) is 3.11. The van der Waals surface area contributed by atoms with Crippen LogP contribution in [0.2, 0.25) is 0 Å². The van der Waals surface area contributed by atoms with Gasteiger partial charge in [0.2, 0.25) is 0 Å². The van der Waals surface area contributed by atoms with Gasteiger partial charge in [0.05, 0.1) is 30.3 Å². The molecule has 0 unspecified atom stereocenters. The topological polar surface area (TPSA) is 60.5 Å². The van der Waals surface area contributed by atoms with Crippen molar-refractivity contribution in [3.8, 4) is 0 Å². The number of fused-ring (bicyclic) bond motifs is 1. The van der Waals surface area contributed by atoms with E-state index in [0.717, 1.165) is 23.0 Å². The minimum Gasteiger partial charge on any atom is -0.376 e. The number of carbonyl (C=O) groups is 1. The van der Waals surface area contributed by atoms with Crippen molar-refractivity contribution in [3.05, 3.63) is 41.1 Å². The number of aromatic nitrogens is 1. The maximum absolute atomic E-state index is 12.9. The normalized spacial score (nSPS) is 20.5. The number of nitrogens with one attached hydrogen (secondary N) is 1. The highest BCUT2D eigenvalue weighted by Gasteiger charge is 2.30. The van der Waals surface area contributed by atoms with Crippen LogP contribution < -0.4 is 5.32 Å². The van der Waals surface area contributed by atoms with Gasteiger partial charge in [-0.05, 0) is 44.0 Å². The third-order valence-corrected chi connectivity index (χ3v) is 4.38. The molecule has 24 heavy (non-hydrogen) atoms. The van der Waals surface area contributed by atoms with Crippen LogP contribution in [-0.2, 0) is 15.9 Å². The Bertz CT molecular complexity index is 745. The van der Waals surface area contributed by atoms with Crippen LogP contribution in [0.25, 0.3) is 10.9 Å². The zero-order valence-corrected chi connectivity index (χ0v) is 14.5. The Morgan fingerprint density at radius 2 is 2.17 bits per heavy atom. The molecule has 1 aromatic carbocycles. The molecule has 1 aromatic heterocycles. The SMILES string of the molecule is CCO[C@@H]1COC[C@H]1NC(=O)c1cc(C)nc2ccc(CC)cc12. The van der Waals surface area contributed by atoms with E-state index >= 15 is 0 Å². The molecule has 2 atom stereocenters. The van der Waals surface area contributed by atoms with Gasteiger partial charge in [-0.2, -0.15) is 0 Å². The molecule has 1 saturated heterocycles. The number of carbonyl (C=O) groups excluding carboxylic acids is 1. The predicted molar refractivity (Wildman–Crippen MR) is 93.3 cm³/mol. The Hall–Kier alpha value is -1.98. The summed E-state index contributed by atoms with van der Waals surface area (Å²) in [5, 5.41) is 3.96. The third kappa shape index (κ3) is 3.42. The zero-order valence-electron chi connectivity index (χ0n) is 14.5. The van der Waals surface area contributed by atoms with Gasteiger partial charge in [0.1, 0.15) is 6.10 Å². The van der Waals surface area contributed by atoms with Gasteiger partial charge < -0.3 is 14.8 Å². The van der Waals surface area contributed by atoms with Crippen LogP contribution in [0.5, 0.6) is 0 Å². The lowest BCUT2D eigenvalue weighted by Gasteiger charge is -2.19. The molecule has 0 spiro atoms. The van der Waals surface area contributed by atoms with Gasteiger partial charge in [0, 0.05) is 17.7 Å². The highest BCUT2D eigenvalue weighted by atomic mass is 16.5. The van der Waals surface area contributed by atoms with Gasteiger partial charge in [-0.1, -0.05) is 13.0 Å². The summed E-state index contributed by atoms with van der Waals surface area (Å²) in [6.07, 6.45) is 0.840. The summed E-state index contributed by atoms with van der Waals surface area (Å²) in [6, 6.07) is 7.84. The van der Waals surface area contributed by atoms with E-state index in [4.69, 9.17) is 9.47 Å². The molecule has 1 aliphatic rings. The fourth-order valence-corrected chi connectivity index (χ4v) is 3.11. The average molecular weight is 328 g/mol. The van der Waals surface area contributed by atoms with Crippen LogP contribution in [0.4, 0.5) is 0 Å². The molecule has 0 bridgehead atoms. The van der Waals surface area contributed by atoms with E-state index in [1.807, 2.05) is 26.0 Å². The second-order valence-corrected chi connectivity index (χ2v) is 6.13. The number of amides is 1. The smallest absolute Gasteiger partial charge is 0.252 e. The van der Waals surface area contributed by atoms with Gasteiger partial charge >= 0.3 is 0 Å². The molecule has 0 aliphatic carbocycles. The number of hydrogen-bond donors (Lipinski definition) is 1. The molecule has 0 radical (unpaired) electrons. The number of nitrogens with zero attached hydrogens (tertiary/aromatic N) is 1. The molecule has 5 nitrogen and oxygen atoms in total. The second kappa shape index (κ2) is 7.28. The first-order chi connectivity index (χ1) is 11.6. The number of pyridine rings is 1. The van der Waals surface area contributed by atoms with Crippen molar-refractivity contribution >= 4 is 16.8 Å². The molecule has 1 amide bonds. The molecule has 3 rings (SSSR count). The monoisotopic (exact) mass is 328 g/mol. The van der Waals surface area contributed by atoms with Gasteiger partial charge in [-0.15, -0.1) is 0 Å². The van der Waals surface area contributed by atoms with Gasteiger partial charge in [0.15, 0.2) is 0 Å². The molecule has 0 saturated carbocycles. The van der Waals surface area contributed by atoms with Crippen molar-refractivity contribution in [3.63, 3.8) is 0 Å². The summed E-state index contributed by atoms with van der Waals surface area (Å²) in [4.78, 5) is 17.4. The Morgan fingerprint density at radius 3 is 2.92 bits per heavy atom. The second-order valence-electron chi connectivity index (χ2n) is 6.13. The highest BCUT2D eigenvalue weighted by Crippen LogP contribution is 2.21. The molecular weight excluding hydrogens is 304 g/mol. The maximum atomic E-state index is 12.9. The van der Waals surface area contributed by atoms with Gasteiger partial charge in [0.25, 0.3) is 5.91 Å². The van der Waals surface area contributed by atoms with Gasteiger partial charge in [-0.25, -0.2) is 0 Å². The van der Waals surface area contributed by atoms with E-state index in [9.17, 15) is 4.79 Å². The van der Waals surface area contributed by atoms with E-state index in [1.54, 1.807) is 0 Å². The molecular formula is C19H24N2O3. The minimum absolute atomic E-state index is 0.0839. The first kappa shape index (κ1) is 16.9. The first-order valence-corrected chi connectivity index (χ1v) is 8.52. The third-order valence-electron chi connectivity index (χ3n) is 4.38. The van der Waals surface area contributed by atoms with Crippen LogP contribution >= 0.6 is 0 Å². The number of hydrogen-bond acceptors (Lipinski definition) is 4. The standard InChI is InChI=1S/C19H24N2O3/c1-4-13-6-7-16-14(9-13)15(8-12(3)20-16)19(22)21-17-10-23-11-18(17)24-5-2/h6-9,17-18H,4-5,10-11H2,1-3H3,(H,21,22)/t17-,18-/m1/s1. The number of aryl methyl sites for hydroxylation is 2. The van der Waals surface area contributed by atoms with Crippen molar-refractivity contribution < 1.29 is 14.3 Å². The summed E-state index contributed by atoms with van der Waals surface area (Å²) in [5.41, 5.74) is 3.54. The Kier molecular flexibility index (Phi) is 5.11. The van der Waals surface area contributed by atoms with E-state index in [-0.39, 0.29) is 18.1 Å². The molecule has 1 N–H and O–H groups in total. The van der Waals surface area contributed by atoms with Crippen LogP contribution in [0.3, 0.4) is 0 Å². The number of rotatable bonds is 5. The molecule has 2 heterocycles. The summed E-state index contributed by atoms with van der Waals surface area (Å²) < 4.78 is 11.1. The summed E-state index contributed by atoms with van der Waals surface area (Å²) in [5.74, 6) is -0.0982. The quantitative estimate of drug-likeness (QED) is 0.916. The Labute approximate surface area is 142 Å². The van der Waals surface area contributed by atoms with Gasteiger partial charge in [-0.3, -0.25) is 9.78 Å². The van der Waals surface area contributed by atoms with Crippen LogP contribution in [-0.4, -0.2) is 42.9 Å². The first-order valence-electron chi connectivity index (χ1n) is 8.52. The van der Waals surface area contributed by atoms with Crippen LogP contribution in [0.1, 0.15) is 35.5 Å². The lowest BCUT2D eigenvalue weighted by atomic mass is 10.0. The van der Waals surface area contributed by atoms with E-state index in [0.29, 0.717) is 25.4 Å². The molecule has 1 aliphatic heterocycles. The lowest BCUT2D eigenvalue weighted by Crippen LogP contribution is -2.43. The van der Waals surface area contributed by atoms with Crippen molar-refractivity contribution in [2.75, 3.05) is 19.8 Å². The average Bonchev–Trinajstić information content (AvgIpc) is 3.01. The van der Waals surface area contributed by atoms with Crippen molar-refractivity contribution in [2.24, 2.45) is 0 Å². The lowest BCUT2D eigenvalue weighted by molar-refractivity contribution is 0.0402. The number of ether oxygens (including phenoxy) is 2. The summed E-state index contributed by atoms with van der Waals surface area (Å²) in [7, 11) is 0. The van der Waals surface area contributed by atoms with Crippen molar-refractivity contribution in [1.82, 2.24) is 10.3 Å².